The number of H-pyrrole nitrogens is 1. The van der Waals surface area contributed by atoms with E-state index in [0.29, 0.717) is 27.6 Å². The SMILES string of the molecule is CN1CCN(c2ccc(Nc3nc(-c4cc(C(=O)O)cs4)nc4cn[nH]c34)cc2)CC1. The molecule has 0 saturated carbocycles. The zero-order chi connectivity index (χ0) is 21.4. The van der Waals surface area contributed by atoms with Gasteiger partial charge in [-0.15, -0.1) is 11.3 Å². The molecule has 158 valence electrons. The van der Waals surface area contributed by atoms with Crippen molar-refractivity contribution in [3.8, 4) is 10.7 Å². The minimum Gasteiger partial charge on any atom is -0.478 e. The molecule has 1 aromatic carbocycles. The summed E-state index contributed by atoms with van der Waals surface area (Å²) in [5.74, 6) is 0.0868. The topological polar surface area (TPSA) is 110 Å². The molecular formula is C21H21N7O2S. The lowest BCUT2D eigenvalue weighted by Crippen LogP contribution is -2.44. The Bertz CT molecular complexity index is 1230. The van der Waals surface area contributed by atoms with Gasteiger partial charge in [-0.1, -0.05) is 0 Å². The number of carboxylic acid groups (broad SMARTS) is 1. The predicted molar refractivity (Wildman–Crippen MR) is 121 cm³/mol. The Hall–Kier alpha value is -3.50. The lowest BCUT2D eigenvalue weighted by molar-refractivity contribution is 0.0697. The summed E-state index contributed by atoms with van der Waals surface area (Å²) >= 11 is 1.30. The highest BCUT2D eigenvalue weighted by molar-refractivity contribution is 7.13. The molecule has 0 radical (unpaired) electrons. The molecule has 3 aromatic heterocycles. The number of hydrogen-bond donors (Lipinski definition) is 3. The fourth-order valence-electron chi connectivity index (χ4n) is 3.56. The molecule has 1 aliphatic heterocycles. The lowest BCUT2D eigenvalue weighted by Gasteiger charge is -2.34. The van der Waals surface area contributed by atoms with Gasteiger partial charge in [-0.2, -0.15) is 5.10 Å². The van der Waals surface area contributed by atoms with Gasteiger partial charge in [0.05, 0.1) is 16.6 Å². The third kappa shape index (κ3) is 3.94. The number of anilines is 3. The van der Waals surface area contributed by atoms with Gasteiger partial charge >= 0.3 is 5.97 Å². The Morgan fingerprint density at radius 2 is 1.94 bits per heavy atom. The molecule has 0 aliphatic carbocycles. The summed E-state index contributed by atoms with van der Waals surface area (Å²) in [6.45, 7) is 4.17. The monoisotopic (exact) mass is 435 g/mol. The number of carbonyl (C=O) groups is 1. The van der Waals surface area contributed by atoms with Crippen molar-refractivity contribution in [2.75, 3.05) is 43.4 Å². The molecule has 5 rings (SSSR count). The molecule has 0 spiro atoms. The van der Waals surface area contributed by atoms with Gasteiger partial charge in [0.15, 0.2) is 11.6 Å². The van der Waals surface area contributed by atoms with Crippen molar-refractivity contribution in [2.24, 2.45) is 0 Å². The van der Waals surface area contributed by atoms with E-state index in [1.54, 1.807) is 17.6 Å². The Morgan fingerprint density at radius 1 is 1.16 bits per heavy atom. The van der Waals surface area contributed by atoms with Gasteiger partial charge < -0.3 is 20.2 Å². The molecule has 3 N–H and O–H groups in total. The quantitative estimate of drug-likeness (QED) is 0.438. The summed E-state index contributed by atoms with van der Waals surface area (Å²) in [6.07, 6.45) is 1.63. The number of piperazine rings is 1. The van der Waals surface area contributed by atoms with Gasteiger partial charge in [0.2, 0.25) is 0 Å². The molecule has 0 bridgehead atoms. The molecule has 0 atom stereocenters. The maximum Gasteiger partial charge on any atom is 0.336 e. The molecule has 1 aliphatic rings. The fourth-order valence-corrected chi connectivity index (χ4v) is 4.38. The largest absolute Gasteiger partial charge is 0.478 e. The number of likely N-dealkylation sites (N-methyl/N-ethyl adjacent to an activating group) is 1. The number of aromatic amines is 1. The summed E-state index contributed by atoms with van der Waals surface area (Å²) in [6, 6.07) is 9.87. The van der Waals surface area contributed by atoms with E-state index in [1.165, 1.54) is 17.0 Å². The van der Waals surface area contributed by atoms with E-state index in [-0.39, 0.29) is 5.56 Å². The average molecular weight is 436 g/mol. The van der Waals surface area contributed by atoms with Crippen molar-refractivity contribution in [1.29, 1.82) is 0 Å². The molecule has 0 unspecified atom stereocenters. The van der Waals surface area contributed by atoms with Crippen LogP contribution in [0.2, 0.25) is 0 Å². The van der Waals surface area contributed by atoms with Crippen molar-refractivity contribution in [1.82, 2.24) is 25.1 Å². The summed E-state index contributed by atoms with van der Waals surface area (Å²) < 4.78 is 0. The normalized spacial score (nSPS) is 14.8. The highest BCUT2D eigenvalue weighted by atomic mass is 32.1. The number of aromatic carboxylic acids is 1. The maximum absolute atomic E-state index is 11.2. The number of carboxylic acids is 1. The van der Waals surface area contributed by atoms with Gasteiger partial charge in [-0.05, 0) is 37.4 Å². The first-order chi connectivity index (χ1) is 15.1. The number of nitrogens with one attached hydrogen (secondary N) is 2. The highest BCUT2D eigenvalue weighted by Gasteiger charge is 2.16. The van der Waals surface area contributed by atoms with Crippen LogP contribution in [0.1, 0.15) is 10.4 Å². The van der Waals surface area contributed by atoms with Crippen LogP contribution in [-0.4, -0.2) is 69.4 Å². The lowest BCUT2D eigenvalue weighted by atomic mass is 10.2. The van der Waals surface area contributed by atoms with Crippen molar-refractivity contribution in [2.45, 2.75) is 0 Å². The van der Waals surface area contributed by atoms with E-state index in [4.69, 9.17) is 0 Å². The number of fused-ring (bicyclic) bond motifs is 1. The maximum atomic E-state index is 11.2. The number of nitrogens with zero attached hydrogens (tertiary/aromatic N) is 5. The molecule has 1 fully saturated rings. The molecule has 0 amide bonds. The van der Waals surface area contributed by atoms with E-state index in [2.05, 4.69) is 54.5 Å². The van der Waals surface area contributed by atoms with Crippen molar-refractivity contribution < 1.29 is 9.90 Å². The van der Waals surface area contributed by atoms with E-state index in [1.807, 2.05) is 12.1 Å². The van der Waals surface area contributed by atoms with Gasteiger partial charge in [-0.25, -0.2) is 14.8 Å². The molecular weight excluding hydrogens is 414 g/mol. The van der Waals surface area contributed by atoms with Crippen LogP contribution in [0.5, 0.6) is 0 Å². The minimum atomic E-state index is -0.967. The average Bonchev–Trinajstić information content (AvgIpc) is 3.45. The van der Waals surface area contributed by atoms with Gasteiger partial charge in [0.25, 0.3) is 0 Å². The number of benzene rings is 1. The van der Waals surface area contributed by atoms with E-state index in [9.17, 15) is 9.90 Å². The molecule has 1 saturated heterocycles. The van der Waals surface area contributed by atoms with Crippen LogP contribution in [0.4, 0.5) is 17.2 Å². The van der Waals surface area contributed by atoms with Crippen molar-refractivity contribution >= 4 is 45.5 Å². The standard InChI is InChI=1S/C21H21N7O2S/c1-27-6-8-28(9-7-27)15-4-2-14(3-5-15)23-20-18-16(11-22-26-18)24-19(25-20)17-10-13(12-31-17)21(29)30/h2-5,10-12H,6-9H2,1H3,(H,22,26)(H,29,30)(H,23,24,25). The first-order valence-corrected chi connectivity index (χ1v) is 10.8. The van der Waals surface area contributed by atoms with Gasteiger partial charge in [-0.3, -0.25) is 5.10 Å². The summed E-state index contributed by atoms with van der Waals surface area (Å²) in [7, 11) is 2.15. The number of aromatic nitrogens is 4. The fraction of sp³-hybridized carbons (Fsp3) is 0.238. The van der Waals surface area contributed by atoms with Crippen molar-refractivity contribution in [3.63, 3.8) is 0 Å². The van der Waals surface area contributed by atoms with Crippen LogP contribution < -0.4 is 10.2 Å². The first kappa shape index (κ1) is 19.5. The molecule has 10 heteroatoms. The van der Waals surface area contributed by atoms with Gasteiger partial charge in [0, 0.05) is 42.9 Å². The van der Waals surface area contributed by atoms with Crippen LogP contribution in [0.25, 0.3) is 21.7 Å². The number of rotatable bonds is 5. The van der Waals surface area contributed by atoms with E-state index >= 15 is 0 Å². The number of thiophene rings is 1. The second kappa shape index (κ2) is 7.97. The van der Waals surface area contributed by atoms with E-state index in [0.717, 1.165) is 31.9 Å². The smallest absolute Gasteiger partial charge is 0.336 e. The summed E-state index contributed by atoms with van der Waals surface area (Å²) in [4.78, 5) is 25.8. The van der Waals surface area contributed by atoms with Crippen LogP contribution in [0.3, 0.4) is 0 Å². The Morgan fingerprint density at radius 3 is 2.65 bits per heavy atom. The third-order valence-electron chi connectivity index (χ3n) is 5.37. The van der Waals surface area contributed by atoms with Crippen LogP contribution in [0.15, 0.2) is 41.9 Å². The van der Waals surface area contributed by atoms with Crippen LogP contribution in [-0.2, 0) is 0 Å². The van der Waals surface area contributed by atoms with Crippen LogP contribution in [0, 0.1) is 0 Å². The molecule has 4 aromatic rings. The number of hydrogen-bond acceptors (Lipinski definition) is 8. The molecule has 9 nitrogen and oxygen atoms in total. The zero-order valence-corrected chi connectivity index (χ0v) is 17.7. The molecule has 4 heterocycles. The molecule has 31 heavy (non-hydrogen) atoms. The Kier molecular flexibility index (Phi) is 5.00. The minimum absolute atomic E-state index is 0.227. The second-order valence-corrected chi connectivity index (χ2v) is 8.40. The summed E-state index contributed by atoms with van der Waals surface area (Å²) in [5.41, 5.74) is 3.68. The Labute approximate surface area is 182 Å². The van der Waals surface area contributed by atoms with Crippen LogP contribution >= 0.6 is 11.3 Å². The predicted octanol–water partition coefficient (Wildman–Crippen LogP) is 3.28. The van der Waals surface area contributed by atoms with Gasteiger partial charge in [0.1, 0.15) is 11.0 Å². The third-order valence-corrected chi connectivity index (χ3v) is 6.29. The first-order valence-electron chi connectivity index (χ1n) is 9.91. The van der Waals surface area contributed by atoms with Crippen molar-refractivity contribution in [3.05, 3.63) is 47.5 Å². The van der Waals surface area contributed by atoms with E-state index < -0.39 is 5.97 Å². The zero-order valence-electron chi connectivity index (χ0n) is 16.9. The Balaban J connectivity index is 1.42. The second-order valence-electron chi connectivity index (χ2n) is 7.49. The summed E-state index contributed by atoms with van der Waals surface area (Å²) in [5, 5.41) is 21.2. The highest BCUT2D eigenvalue weighted by Crippen LogP contribution is 2.30.